The lowest BCUT2D eigenvalue weighted by Crippen LogP contribution is -2.37. The summed E-state index contributed by atoms with van der Waals surface area (Å²) in [7, 11) is 0. The number of nitrogens with one attached hydrogen (secondary N) is 2. The molecule has 2 N–H and O–H groups in total. The van der Waals surface area contributed by atoms with Crippen LogP contribution in [0, 0.1) is 10.1 Å². The van der Waals surface area contributed by atoms with E-state index in [1.165, 1.54) is 22.9 Å². The standard InChI is InChI=1S/C14H13N3O3S2/c18-14-12-11(7-3-1-2-4-8(7)22-12)15-13(16-14)9-5-6-10(21-9)17(19)20/h5-6,13,15H,1-4H2,(H,16,18)/t13-/m1/s1. The Kier molecular flexibility index (Phi) is 3.16. The zero-order valence-corrected chi connectivity index (χ0v) is 13.2. The average molecular weight is 335 g/mol. The minimum atomic E-state index is -0.406. The maximum atomic E-state index is 12.4. The highest BCUT2D eigenvalue weighted by molar-refractivity contribution is 7.15. The lowest BCUT2D eigenvalue weighted by Gasteiger charge is -2.26. The van der Waals surface area contributed by atoms with Gasteiger partial charge >= 0.3 is 5.00 Å². The number of thiophene rings is 2. The minimum Gasteiger partial charge on any atom is -0.359 e. The largest absolute Gasteiger partial charge is 0.359 e. The Morgan fingerprint density at radius 3 is 2.77 bits per heavy atom. The summed E-state index contributed by atoms with van der Waals surface area (Å²) in [6.45, 7) is 0. The molecular formula is C14H13N3O3S2. The van der Waals surface area contributed by atoms with Crippen molar-refractivity contribution in [3.63, 3.8) is 0 Å². The molecule has 0 radical (unpaired) electrons. The maximum Gasteiger partial charge on any atom is 0.324 e. The summed E-state index contributed by atoms with van der Waals surface area (Å²) in [5, 5.41) is 17.2. The molecule has 0 bridgehead atoms. The molecule has 6 nitrogen and oxygen atoms in total. The summed E-state index contributed by atoms with van der Waals surface area (Å²) in [6.07, 6.45) is 3.97. The Morgan fingerprint density at radius 2 is 2.00 bits per heavy atom. The molecule has 1 aliphatic carbocycles. The number of aryl methyl sites for hydroxylation is 1. The molecule has 0 fully saturated rings. The fourth-order valence-electron chi connectivity index (χ4n) is 2.99. The first-order valence-corrected chi connectivity index (χ1v) is 8.73. The first kappa shape index (κ1) is 13.7. The highest BCUT2D eigenvalue weighted by Gasteiger charge is 2.32. The molecule has 22 heavy (non-hydrogen) atoms. The van der Waals surface area contributed by atoms with Gasteiger partial charge < -0.3 is 10.6 Å². The van der Waals surface area contributed by atoms with Gasteiger partial charge in [0.15, 0.2) is 0 Å². The molecule has 2 aliphatic rings. The van der Waals surface area contributed by atoms with Crippen molar-refractivity contribution in [2.24, 2.45) is 0 Å². The van der Waals surface area contributed by atoms with E-state index in [9.17, 15) is 14.9 Å². The SMILES string of the molecule is O=C1N[C@H](c2ccc([N+](=O)[O-])s2)Nc2c1sc1c2CCCC1. The van der Waals surface area contributed by atoms with Gasteiger partial charge in [-0.1, -0.05) is 11.3 Å². The van der Waals surface area contributed by atoms with Crippen LogP contribution in [0.1, 0.15) is 44.0 Å². The Morgan fingerprint density at radius 1 is 1.18 bits per heavy atom. The number of nitro groups is 1. The predicted octanol–water partition coefficient (Wildman–Crippen LogP) is 3.45. The molecule has 0 unspecified atom stereocenters. The first-order chi connectivity index (χ1) is 10.6. The Bertz CT molecular complexity index is 780. The second-order valence-electron chi connectivity index (χ2n) is 5.40. The summed E-state index contributed by atoms with van der Waals surface area (Å²) in [4.78, 5) is 25.6. The van der Waals surface area contributed by atoms with Crippen LogP contribution in [0.3, 0.4) is 0 Å². The van der Waals surface area contributed by atoms with Gasteiger partial charge in [-0.25, -0.2) is 0 Å². The van der Waals surface area contributed by atoms with E-state index >= 15 is 0 Å². The van der Waals surface area contributed by atoms with Crippen LogP contribution < -0.4 is 10.6 Å². The van der Waals surface area contributed by atoms with Crippen molar-refractivity contribution in [2.45, 2.75) is 31.8 Å². The maximum absolute atomic E-state index is 12.4. The van der Waals surface area contributed by atoms with Crippen molar-refractivity contribution in [1.29, 1.82) is 0 Å². The van der Waals surface area contributed by atoms with Crippen LogP contribution in [0.4, 0.5) is 10.7 Å². The van der Waals surface area contributed by atoms with Crippen LogP contribution in [0.15, 0.2) is 12.1 Å². The normalized spacial score (nSPS) is 19.8. The number of hydrogen-bond acceptors (Lipinski definition) is 6. The third kappa shape index (κ3) is 2.10. The van der Waals surface area contributed by atoms with E-state index in [-0.39, 0.29) is 17.1 Å². The zero-order valence-electron chi connectivity index (χ0n) is 11.5. The average Bonchev–Trinajstić information content (AvgIpc) is 3.12. The second kappa shape index (κ2) is 5.06. The number of fused-ring (bicyclic) bond motifs is 3. The van der Waals surface area contributed by atoms with Gasteiger partial charge in [-0.05, 0) is 37.3 Å². The number of anilines is 1. The van der Waals surface area contributed by atoms with E-state index < -0.39 is 4.92 Å². The van der Waals surface area contributed by atoms with Crippen molar-refractivity contribution < 1.29 is 9.72 Å². The molecular weight excluding hydrogens is 322 g/mol. The molecule has 2 aromatic rings. The lowest BCUT2D eigenvalue weighted by molar-refractivity contribution is -0.380. The van der Waals surface area contributed by atoms with E-state index in [0.717, 1.165) is 46.0 Å². The van der Waals surface area contributed by atoms with E-state index in [2.05, 4.69) is 10.6 Å². The second-order valence-corrected chi connectivity index (χ2v) is 7.60. The quantitative estimate of drug-likeness (QED) is 0.650. The van der Waals surface area contributed by atoms with Gasteiger partial charge in [0.25, 0.3) is 5.91 Å². The van der Waals surface area contributed by atoms with Crippen molar-refractivity contribution in [3.8, 4) is 0 Å². The number of rotatable bonds is 2. The van der Waals surface area contributed by atoms with Crippen LogP contribution in [0.5, 0.6) is 0 Å². The summed E-state index contributed by atoms with van der Waals surface area (Å²) in [5.41, 5.74) is 2.20. The molecule has 0 spiro atoms. The highest BCUT2D eigenvalue weighted by Crippen LogP contribution is 2.42. The van der Waals surface area contributed by atoms with E-state index in [4.69, 9.17) is 0 Å². The Hall–Kier alpha value is -1.93. The molecule has 2 aromatic heterocycles. The van der Waals surface area contributed by atoms with Gasteiger partial charge in [-0.15, -0.1) is 11.3 Å². The fraction of sp³-hybridized carbons (Fsp3) is 0.357. The van der Waals surface area contributed by atoms with Gasteiger partial charge in [0.2, 0.25) is 0 Å². The van der Waals surface area contributed by atoms with Crippen molar-refractivity contribution in [3.05, 3.63) is 42.4 Å². The van der Waals surface area contributed by atoms with Crippen LogP contribution in [-0.2, 0) is 12.8 Å². The Labute approximate surface area is 134 Å². The van der Waals surface area contributed by atoms with Crippen LogP contribution in [0.25, 0.3) is 0 Å². The van der Waals surface area contributed by atoms with Gasteiger partial charge in [-0.3, -0.25) is 14.9 Å². The van der Waals surface area contributed by atoms with Gasteiger partial charge in [0.05, 0.1) is 15.5 Å². The number of hydrogen-bond donors (Lipinski definition) is 2. The fourth-order valence-corrected chi connectivity index (χ4v) is 5.07. The zero-order chi connectivity index (χ0) is 15.3. The third-order valence-corrected chi connectivity index (χ3v) is 6.41. The molecule has 1 atom stereocenters. The van der Waals surface area contributed by atoms with Gasteiger partial charge in [-0.2, -0.15) is 0 Å². The van der Waals surface area contributed by atoms with E-state index in [1.807, 2.05) is 0 Å². The monoisotopic (exact) mass is 335 g/mol. The van der Waals surface area contributed by atoms with Gasteiger partial charge in [0.1, 0.15) is 11.0 Å². The van der Waals surface area contributed by atoms with Crippen molar-refractivity contribution in [1.82, 2.24) is 5.32 Å². The summed E-state index contributed by atoms with van der Waals surface area (Å²) >= 11 is 2.67. The molecule has 4 rings (SSSR count). The molecule has 1 aliphatic heterocycles. The molecule has 0 saturated heterocycles. The van der Waals surface area contributed by atoms with Gasteiger partial charge in [0, 0.05) is 10.9 Å². The minimum absolute atomic E-state index is 0.0872. The third-order valence-electron chi connectivity index (χ3n) is 4.02. The number of amides is 1. The molecule has 3 heterocycles. The van der Waals surface area contributed by atoms with Crippen LogP contribution in [0.2, 0.25) is 0 Å². The summed E-state index contributed by atoms with van der Waals surface area (Å²) in [5.74, 6) is -0.0887. The van der Waals surface area contributed by atoms with Crippen molar-refractivity contribution in [2.75, 3.05) is 5.32 Å². The summed E-state index contributed by atoms with van der Waals surface area (Å²) < 4.78 is 0. The molecule has 114 valence electrons. The lowest BCUT2D eigenvalue weighted by atomic mass is 9.97. The topological polar surface area (TPSA) is 84.3 Å². The summed E-state index contributed by atoms with van der Waals surface area (Å²) in [6, 6.07) is 3.18. The van der Waals surface area contributed by atoms with Crippen LogP contribution >= 0.6 is 22.7 Å². The molecule has 1 amide bonds. The number of nitrogens with zero attached hydrogens (tertiary/aromatic N) is 1. The predicted molar refractivity (Wildman–Crippen MR) is 85.8 cm³/mol. The smallest absolute Gasteiger partial charge is 0.324 e. The Balaban J connectivity index is 1.70. The van der Waals surface area contributed by atoms with E-state index in [0.29, 0.717) is 0 Å². The molecule has 0 saturated carbocycles. The number of carbonyl (C=O) groups excluding carboxylic acids is 1. The number of carbonyl (C=O) groups is 1. The first-order valence-electron chi connectivity index (χ1n) is 7.09. The van der Waals surface area contributed by atoms with Crippen LogP contribution in [-0.4, -0.2) is 10.8 Å². The van der Waals surface area contributed by atoms with E-state index in [1.54, 1.807) is 17.4 Å². The van der Waals surface area contributed by atoms with Crippen molar-refractivity contribution >= 4 is 39.3 Å². The molecule has 8 heteroatoms. The highest BCUT2D eigenvalue weighted by atomic mass is 32.1. The molecule has 0 aromatic carbocycles.